The summed E-state index contributed by atoms with van der Waals surface area (Å²) in [4.78, 5) is 10.3. The standard InChI is InChI=1S/C10H5ClF3NO/c11-8-5-7(10(12,13)14)3-1-6(8)2-4-9(15)16/h1,3,5H,(H2,15,16). The molecule has 0 aliphatic heterocycles. The van der Waals surface area contributed by atoms with Crippen molar-refractivity contribution in [2.24, 2.45) is 5.73 Å². The van der Waals surface area contributed by atoms with Crippen LogP contribution in [0.2, 0.25) is 5.02 Å². The molecule has 0 aliphatic carbocycles. The van der Waals surface area contributed by atoms with Crippen LogP contribution < -0.4 is 5.73 Å². The van der Waals surface area contributed by atoms with E-state index >= 15 is 0 Å². The molecule has 0 atom stereocenters. The first-order chi connectivity index (χ1) is 7.30. The van der Waals surface area contributed by atoms with Gasteiger partial charge >= 0.3 is 6.18 Å². The lowest BCUT2D eigenvalue weighted by Crippen LogP contribution is -2.06. The molecule has 0 heterocycles. The number of hydrogen-bond acceptors (Lipinski definition) is 1. The molecule has 1 rings (SSSR count). The first-order valence-corrected chi connectivity index (χ1v) is 4.36. The van der Waals surface area contributed by atoms with Crippen LogP contribution in [0, 0.1) is 11.8 Å². The van der Waals surface area contributed by atoms with Gasteiger partial charge in [-0.05, 0) is 18.2 Å². The Hall–Kier alpha value is -1.67. The van der Waals surface area contributed by atoms with E-state index in [0.717, 1.165) is 18.2 Å². The zero-order valence-electron chi connectivity index (χ0n) is 7.73. The Morgan fingerprint density at radius 1 is 1.38 bits per heavy atom. The molecular weight excluding hydrogens is 243 g/mol. The number of carbonyl (C=O) groups excluding carboxylic acids is 1. The molecule has 0 spiro atoms. The molecule has 2 nitrogen and oxygen atoms in total. The Morgan fingerprint density at radius 3 is 2.44 bits per heavy atom. The van der Waals surface area contributed by atoms with E-state index in [1.807, 2.05) is 5.92 Å². The van der Waals surface area contributed by atoms with E-state index in [9.17, 15) is 18.0 Å². The van der Waals surface area contributed by atoms with Crippen LogP contribution in [-0.4, -0.2) is 5.91 Å². The quantitative estimate of drug-likeness (QED) is 0.702. The van der Waals surface area contributed by atoms with E-state index in [-0.39, 0.29) is 10.6 Å². The van der Waals surface area contributed by atoms with Crippen LogP contribution in [0.25, 0.3) is 0 Å². The largest absolute Gasteiger partial charge is 0.416 e. The Bertz CT molecular complexity index is 485. The monoisotopic (exact) mass is 247 g/mol. The highest BCUT2D eigenvalue weighted by atomic mass is 35.5. The summed E-state index contributed by atoms with van der Waals surface area (Å²) in [5.74, 6) is 3.37. The first kappa shape index (κ1) is 12.4. The predicted molar refractivity (Wildman–Crippen MR) is 52.5 cm³/mol. The molecule has 0 saturated carbocycles. The summed E-state index contributed by atoms with van der Waals surface area (Å²) in [6.45, 7) is 0. The highest BCUT2D eigenvalue weighted by molar-refractivity contribution is 6.31. The lowest BCUT2D eigenvalue weighted by molar-refractivity contribution is -0.137. The van der Waals surface area contributed by atoms with E-state index in [4.69, 9.17) is 17.3 Å². The molecule has 1 aromatic carbocycles. The number of amides is 1. The average molecular weight is 248 g/mol. The summed E-state index contributed by atoms with van der Waals surface area (Å²) in [6, 6.07) is 2.66. The number of rotatable bonds is 0. The van der Waals surface area contributed by atoms with Gasteiger partial charge in [0.15, 0.2) is 0 Å². The molecule has 0 unspecified atom stereocenters. The minimum atomic E-state index is -4.46. The third-order valence-corrected chi connectivity index (χ3v) is 1.93. The van der Waals surface area contributed by atoms with Crippen LogP contribution in [0.1, 0.15) is 11.1 Å². The van der Waals surface area contributed by atoms with Gasteiger partial charge in [0.05, 0.1) is 10.6 Å². The van der Waals surface area contributed by atoms with Crippen LogP contribution in [-0.2, 0) is 11.0 Å². The minimum Gasteiger partial charge on any atom is -0.359 e. The highest BCUT2D eigenvalue weighted by Crippen LogP contribution is 2.31. The fraction of sp³-hybridized carbons (Fsp3) is 0.100. The number of halogens is 4. The number of hydrogen-bond donors (Lipinski definition) is 1. The van der Waals surface area contributed by atoms with E-state index < -0.39 is 17.6 Å². The summed E-state index contributed by atoms with van der Waals surface area (Å²) < 4.78 is 36.7. The molecule has 0 saturated heterocycles. The van der Waals surface area contributed by atoms with E-state index in [1.165, 1.54) is 0 Å². The predicted octanol–water partition coefficient (Wildman–Crippen LogP) is 2.20. The highest BCUT2D eigenvalue weighted by Gasteiger charge is 2.30. The second-order valence-corrected chi connectivity index (χ2v) is 3.21. The molecule has 16 heavy (non-hydrogen) atoms. The molecule has 0 bridgehead atoms. The molecule has 2 N–H and O–H groups in total. The van der Waals surface area contributed by atoms with Gasteiger partial charge in [0.1, 0.15) is 0 Å². The summed E-state index contributed by atoms with van der Waals surface area (Å²) >= 11 is 5.56. The first-order valence-electron chi connectivity index (χ1n) is 3.99. The zero-order valence-corrected chi connectivity index (χ0v) is 8.49. The summed E-state index contributed by atoms with van der Waals surface area (Å²) in [6.07, 6.45) is -4.46. The van der Waals surface area contributed by atoms with Gasteiger partial charge in [0, 0.05) is 11.5 Å². The lowest BCUT2D eigenvalue weighted by atomic mass is 10.1. The van der Waals surface area contributed by atoms with Crippen molar-refractivity contribution < 1.29 is 18.0 Å². The van der Waals surface area contributed by atoms with Crippen molar-refractivity contribution in [1.82, 2.24) is 0 Å². The van der Waals surface area contributed by atoms with Crippen molar-refractivity contribution in [3.05, 3.63) is 34.3 Å². The van der Waals surface area contributed by atoms with E-state index in [0.29, 0.717) is 0 Å². The van der Waals surface area contributed by atoms with E-state index in [2.05, 4.69) is 5.92 Å². The van der Waals surface area contributed by atoms with Crippen LogP contribution in [0.15, 0.2) is 18.2 Å². The molecule has 0 aromatic heterocycles. The van der Waals surface area contributed by atoms with Crippen LogP contribution in [0.4, 0.5) is 13.2 Å². The maximum Gasteiger partial charge on any atom is 0.416 e. The molecular formula is C10H5ClF3NO. The molecule has 6 heteroatoms. The average Bonchev–Trinajstić information content (AvgIpc) is 2.14. The minimum absolute atomic E-state index is 0.119. The van der Waals surface area contributed by atoms with Gasteiger partial charge in [0.2, 0.25) is 0 Å². The van der Waals surface area contributed by atoms with Gasteiger partial charge in [-0.15, -0.1) is 0 Å². The van der Waals surface area contributed by atoms with E-state index in [1.54, 1.807) is 0 Å². The van der Waals surface area contributed by atoms with Crippen molar-refractivity contribution in [3.8, 4) is 11.8 Å². The van der Waals surface area contributed by atoms with Crippen LogP contribution in [0.3, 0.4) is 0 Å². The molecule has 0 fully saturated rings. The Labute approximate surface area is 94.2 Å². The van der Waals surface area contributed by atoms with Crippen molar-refractivity contribution in [2.75, 3.05) is 0 Å². The molecule has 1 amide bonds. The second-order valence-electron chi connectivity index (χ2n) is 2.81. The third kappa shape index (κ3) is 3.17. The van der Waals surface area contributed by atoms with Crippen molar-refractivity contribution in [2.45, 2.75) is 6.18 Å². The Morgan fingerprint density at radius 2 is 2.00 bits per heavy atom. The fourth-order valence-electron chi connectivity index (χ4n) is 0.922. The van der Waals surface area contributed by atoms with Gasteiger partial charge in [-0.3, -0.25) is 4.79 Å². The van der Waals surface area contributed by atoms with Gasteiger partial charge < -0.3 is 5.73 Å². The SMILES string of the molecule is NC(=O)C#Cc1ccc(C(F)(F)F)cc1Cl. The second kappa shape index (κ2) is 4.45. The molecule has 84 valence electrons. The maximum absolute atomic E-state index is 12.2. The number of carbonyl (C=O) groups is 1. The zero-order chi connectivity index (χ0) is 12.3. The Kier molecular flexibility index (Phi) is 3.45. The van der Waals surface area contributed by atoms with Gasteiger partial charge in [0.25, 0.3) is 5.91 Å². The van der Waals surface area contributed by atoms with Crippen molar-refractivity contribution in [1.29, 1.82) is 0 Å². The maximum atomic E-state index is 12.2. The van der Waals surface area contributed by atoms with Crippen LogP contribution >= 0.6 is 11.6 Å². The fourth-order valence-corrected chi connectivity index (χ4v) is 1.15. The summed E-state index contributed by atoms with van der Waals surface area (Å²) in [5, 5.41) is -0.177. The Balaban J connectivity index is 3.12. The van der Waals surface area contributed by atoms with Crippen molar-refractivity contribution >= 4 is 17.5 Å². The molecule has 1 aromatic rings. The molecule has 0 aliphatic rings. The van der Waals surface area contributed by atoms with Gasteiger partial charge in [-0.25, -0.2) is 0 Å². The number of primary amides is 1. The van der Waals surface area contributed by atoms with Gasteiger partial charge in [-0.2, -0.15) is 13.2 Å². The number of nitrogens with two attached hydrogens (primary N) is 1. The summed E-state index contributed by atoms with van der Waals surface area (Å²) in [7, 11) is 0. The lowest BCUT2D eigenvalue weighted by Gasteiger charge is -2.06. The normalized spacial score (nSPS) is 10.5. The van der Waals surface area contributed by atoms with Gasteiger partial charge in [-0.1, -0.05) is 17.5 Å². The van der Waals surface area contributed by atoms with Crippen LogP contribution in [0.5, 0.6) is 0 Å². The smallest absolute Gasteiger partial charge is 0.359 e. The van der Waals surface area contributed by atoms with Crippen molar-refractivity contribution in [3.63, 3.8) is 0 Å². The number of benzene rings is 1. The summed E-state index contributed by atoms with van der Waals surface area (Å²) in [5.41, 5.74) is 4.00. The number of alkyl halides is 3. The third-order valence-electron chi connectivity index (χ3n) is 1.62. The molecule has 0 radical (unpaired) electrons. The topological polar surface area (TPSA) is 43.1 Å².